The molecular weight excluding hydrogens is 503 g/mol. The van der Waals surface area contributed by atoms with Gasteiger partial charge in [-0.3, -0.25) is 14.6 Å². The number of nitrogens with two attached hydrogens (primary N) is 1. The minimum atomic E-state index is -0.732. The molecule has 5 fully saturated rings. The number of carbonyl (C=O) groups excluding carboxylic acids is 2. The van der Waals surface area contributed by atoms with Crippen molar-refractivity contribution >= 4 is 29.1 Å². The van der Waals surface area contributed by atoms with E-state index < -0.39 is 11.2 Å². The van der Waals surface area contributed by atoms with E-state index in [1.54, 1.807) is 18.5 Å². The highest BCUT2D eigenvalue weighted by molar-refractivity contribution is 6.31. The number of pyridine rings is 1. The summed E-state index contributed by atoms with van der Waals surface area (Å²) in [6.07, 6.45) is 11.6. The Hall–Kier alpha value is -2.51. The van der Waals surface area contributed by atoms with Crippen molar-refractivity contribution in [1.82, 2.24) is 10.3 Å². The smallest absolute Gasteiger partial charge is 0.230 e. The molecule has 7 rings (SSSR count). The van der Waals surface area contributed by atoms with E-state index in [0.717, 1.165) is 50.6 Å². The van der Waals surface area contributed by atoms with Crippen LogP contribution in [0.2, 0.25) is 5.02 Å². The molecule has 0 aliphatic heterocycles. The highest BCUT2D eigenvalue weighted by Crippen LogP contribution is 2.63. The Bertz CT molecular complexity index is 1200. The summed E-state index contributed by atoms with van der Waals surface area (Å²) in [6, 6.07) is 7.83. The Kier molecular flexibility index (Phi) is 6.71. The first-order valence-electron chi connectivity index (χ1n) is 14.0. The van der Waals surface area contributed by atoms with E-state index in [1.807, 2.05) is 12.1 Å². The number of amides is 2. The molecule has 0 radical (unpaired) electrons. The highest BCUT2D eigenvalue weighted by atomic mass is 35.5. The van der Waals surface area contributed by atoms with Crippen LogP contribution >= 0.6 is 11.6 Å². The predicted octanol–water partition coefficient (Wildman–Crippen LogP) is 5.21. The predicted molar refractivity (Wildman–Crippen MR) is 145 cm³/mol. The molecule has 5 saturated carbocycles. The normalized spacial score (nSPS) is 31.7. The van der Waals surface area contributed by atoms with Gasteiger partial charge in [0.15, 0.2) is 0 Å². The fourth-order valence-electron chi connectivity index (χ4n) is 8.73. The van der Waals surface area contributed by atoms with Gasteiger partial charge in [0.2, 0.25) is 11.8 Å². The molecule has 2 amide bonds. The maximum atomic E-state index is 13.7. The summed E-state index contributed by atoms with van der Waals surface area (Å²) in [7, 11) is 0. The molecule has 4 bridgehead atoms. The summed E-state index contributed by atoms with van der Waals surface area (Å²) in [5, 5.41) is 6.63. The van der Waals surface area contributed by atoms with Crippen molar-refractivity contribution in [1.29, 1.82) is 0 Å². The molecule has 3 unspecified atom stereocenters. The summed E-state index contributed by atoms with van der Waals surface area (Å²) in [6.45, 7) is 0.401. The van der Waals surface area contributed by atoms with Crippen LogP contribution in [0.3, 0.4) is 0 Å². The van der Waals surface area contributed by atoms with Crippen molar-refractivity contribution < 1.29 is 14.0 Å². The Balaban J connectivity index is 1.13. The van der Waals surface area contributed by atoms with E-state index in [0.29, 0.717) is 53.6 Å². The molecule has 1 heterocycles. The number of anilines is 1. The van der Waals surface area contributed by atoms with Gasteiger partial charge >= 0.3 is 0 Å². The van der Waals surface area contributed by atoms with Gasteiger partial charge in [-0.2, -0.15) is 0 Å². The summed E-state index contributed by atoms with van der Waals surface area (Å²) < 4.78 is 13.7. The molecular formula is C30H36ClFN4O2. The maximum Gasteiger partial charge on any atom is 0.230 e. The summed E-state index contributed by atoms with van der Waals surface area (Å²) in [5.41, 5.74) is 7.26. The van der Waals surface area contributed by atoms with Gasteiger partial charge in [-0.05, 0) is 98.4 Å². The van der Waals surface area contributed by atoms with Crippen LogP contribution in [-0.2, 0) is 15.0 Å². The largest absolute Gasteiger partial charge is 0.354 e. The molecule has 8 heteroatoms. The summed E-state index contributed by atoms with van der Waals surface area (Å²) in [4.78, 5) is 31.1. The van der Waals surface area contributed by atoms with E-state index in [2.05, 4.69) is 15.6 Å². The van der Waals surface area contributed by atoms with Crippen LogP contribution in [0.5, 0.6) is 0 Å². The molecule has 6 nitrogen and oxygen atoms in total. The number of rotatable bonds is 7. The van der Waals surface area contributed by atoms with Gasteiger partial charge in [-0.15, -0.1) is 0 Å². The quantitative estimate of drug-likeness (QED) is 0.451. The van der Waals surface area contributed by atoms with Crippen LogP contribution in [0.15, 0.2) is 42.7 Å². The SMILES string of the molecule is NC(CNC(=O)C1(c2ccc(F)cc2Cl)CCCC1)C1C2CC3CC1CC(C(=O)Nc1ccncc1)(C3)C2. The second-order valence-electron chi connectivity index (χ2n) is 12.3. The molecule has 5 aliphatic rings. The average Bonchev–Trinajstić information content (AvgIpc) is 3.38. The van der Waals surface area contributed by atoms with Crippen molar-refractivity contribution in [2.75, 3.05) is 11.9 Å². The molecule has 2 aromatic rings. The van der Waals surface area contributed by atoms with Crippen LogP contribution in [0.1, 0.15) is 63.4 Å². The Morgan fingerprint density at radius 1 is 1.05 bits per heavy atom. The first-order valence-corrected chi connectivity index (χ1v) is 14.4. The minimum absolute atomic E-state index is 0.0593. The lowest BCUT2D eigenvalue weighted by atomic mass is 9.45. The first kappa shape index (κ1) is 25.8. The lowest BCUT2D eigenvalue weighted by molar-refractivity contribution is -0.149. The van der Waals surface area contributed by atoms with Gasteiger partial charge in [0, 0.05) is 35.7 Å². The lowest BCUT2D eigenvalue weighted by Crippen LogP contribution is -2.60. The van der Waals surface area contributed by atoms with Crippen molar-refractivity contribution in [3.63, 3.8) is 0 Å². The van der Waals surface area contributed by atoms with E-state index in [1.165, 1.54) is 12.1 Å². The van der Waals surface area contributed by atoms with Crippen LogP contribution in [0.25, 0.3) is 0 Å². The highest BCUT2D eigenvalue weighted by Gasteiger charge is 2.59. The zero-order chi connectivity index (χ0) is 26.5. The number of halogens is 2. The zero-order valence-electron chi connectivity index (χ0n) is 21.6. The fourth-order valence-corrected chi connectivity index (χ4v) is 9.08. The molecule has 0 saturated heterocycles. The summed E-state index contributed by atoms with van der Waals surface area (Å²) in [5.74, 6) is 1.31. The molecule has 38 heavy (non-hydrogen) atoms. The van der Waals surface area contributed by atoms with Crippen LogP contribution in [-0.4, -0.2) is 29.4 Å². The summed E-state index contributed by atoms with van der Waals surface area (Å²) >= 11 is 6.42. The molecule has 202 valence electrons. The number of nitrogens with zero attached hydrogens (tertiary/aromatic N) is 1. The number of aromatic nitrogens is 1. The van der Waals surface area contributed by atoms with Gasteiger partial charge in [-0.1, -0.05) is 30.5 Å². The van der Waals surface area contributed by atoms with Crippen LogP contribution in [0.4, 0.5) is 10.1 Å². The Morgan fingerprint density at radius 3 is 2.39 bits per heavy atom. The minimum Gasteiger partial charge on any atom is -0.354 e. The van der Waals surface area contributed by atoms with Crippen molar-refractivity contribution in [2.24, 2.45) is 34.8 Å². The van der Waals surface area contributed by atoms with Crippen LogP contribution in [0, 0.1) is 34.9 Å². The van der Waals surface area contributed by atoms with Gasteiger partial charge in [0.25, 0.3) is 0 Å². The molecule has 4 N–H and O–H groups in total. The van der Waals surface area contributed by atoms with Crippen molar-refractivity contribution in [3.8, 4) is 0 Å². The topological polar surface area (TPSA) is 97.1 Å². The number of carbonyl (C=O) groups is 2. The van der Waals surface area contributed by atoms with Gasteiger partial charge < -0.3 is 16.4 Å². The third kappa shape index (κ3) is 4.41. The standard InChI is InChI=1S/C30H36ClFN4O2/c31-24-13-21(32)3-4-23(24)30(7-1-2-8-30)28(38)35-17-25(33)26-19-11-18-12-20(26)16-29(14-18,15-19)27(37)36-22-5-9-34-10-6-22/h3-6,9-10,13,18-20,25-26H,1-2,7-8,11-12,14-17,33H2,(H,35,38)(H,34,36,37). The van der Waals surface area contributed by atoms with Crippen LogP contribution < -0.4 is 16.4 Å². The molecule has 3 atom stereocenters. The second-order valence-corrected chi connectivity index (χ2v) is 12.7. The lowest BCUT2D eigenvalue weighted by Gasteiger charge is -2.60. The van der Waals surface area contributed by atoms with Gasteiger partial charge in [-0.25, -0.2) is 4.39 Å². The molecule has 1 aromatic heterocycles. The zero-order valence-corrected chi connectivity index (χ0v) is 22.4. The Morgan fingerprint density at radius 2 is 1.74 bits per heavy atom. The van der Waals surface area contributed by atoms with E-state index in [4.69, 9.17) is 17.3 Å². The van der Waals surface area contributed by atoms with Crippen molar-refractivity contribution in [2.45, 2.75) is 69.2 Å². The van der Waals surface area contributed by atoms with Crippen molar-refractivity contribution in [3.05, 3.63) is 59.1 Å². The average molecular weight is 539 g/mol. The molecule has 1 aromatic carbocycles. The number of nitrogens with one attached hydrogen (secondary N) is 2. The second kappa shape index (κ2) is 9.91. The third-order valence-corrected chi connectivity index (χ3v) is 10.4. The van der Waals surface area contributed by atoms with E-state index in [9.17, 15) is 14.0 Å². The van der Waals surface area contributed by atoms with Gasteiger partial charge in [0.05, 0.1) is 10.8 Å². The molecule has 5 aliphatic carbocycles. The number of hydrogen-bond donors (Lipinski definition) is 3. The number of hydrogen-bond acceptors (Lipinski definition) is 4. The van der Waals surface area contributed by atoms with Gasteiger partial charge in [0.1, 0.15) is 5.82 Å². The Labute approximate surface area is 228 Å². The van der Waals surface area contributed by atoms with E-state index in [-0.39, 0.29) is 23.3 Å². The molecule has 0 spiro atoms. The monoisotopic (exact) mass is 538 g/mol. The maximum absolute atomic E-state index is 13.7. The number of benzene rings is 1. The first-order chi connectivity index (χ1) is 18.3. The third-order valence-electron chi connectivity index (χ3n) is 10.1. The van der Waals surface area contributed by atoms with E-state index >= 15 is 0 Å². The fraction of sp³-hybridized carbons (Fsp3) is 0.567.